The maximum atomic E-state index is 13.7. The van der Waals surface area contributed by atoms with Gasteiger partial charge in [0.2, 0.25) is 0 Å². The number of amides is 1. The summed E-state index contributed by atoms with van der Waals surface area (Å²) in [5.74, 6) is -0.648. The molecule has 0 radical (unpaired) electrons. The Morgan fingerprint density at radius 3 is 2.53 bits per heavy atom. The molecule has 3 aromatic rings. The monoisotopic (exact) mass is 428 g/mol. The molecule has 0 aliphatic heterocycles. The second-order valence-electron chi connectivity index (χ2n) is 6.74. The van der Waals surface area contributed by atoms with Crippen molar-refractivity contribution < 1.29 is 14.3 Å². The van der Waals surface area contributed by atoms with E-state index in [4.69, 9.17) is 11.6 Å². The van der Waals surface area contributed by atoms with Gasteiger partial charge in [-0.2, -0.15) is 0 Å². The van der Waals surface area contributed by atoms with Crippen LogP contribution in [0.2, 0.25) is 5.02 Å². The number of carbonyl (C=O) groups is 1. The number of hydrazine groups is 1. The van der Waals surface area contributed by atoms with Crippen LogP contribution in [0.15, 0.2) is 54.6 Å². The lowest BCUT2D eigenvalue weighted by Crippen LogP contribution is -2.48. The van der Waals surface area contributed by atoms with Crippen molar-refractivity contribution in [1.29, 1.82) is 0 Å². The molecule has 0 aliphatic rings. The average molecular weight is 429 g/mol. The van der Waals surface area contributed by atoms with E-state index in [1.165, 1.54) is 12.1 Å². The lowest BCUT2D eigenvalue weighted by molar-refractivity contribution is 0.0608. The first-order valence-electron chi connectivity index (χ1n) is 9.50. The van der Waals surface area contributed by atoms with E-state index in [1.807, 2.05) is 6.92 Å². The van der Waals surface area contributed by atoms with Crippen molar-refractivity contribution in [3.05, 3.63) is 71.1 Å². The van der Waals surface area contributed by atoms with Crippen LogP contribution in [-0.4, -0.2) is 45.2 Å². The molecule has 1 heterocycles. The van der Waals surface area contributed by atoms with Gasteiger partial charge in [0.05, 0.1) is 12.3 Å². The summed E-state index contributed by atoms with van der Waals surface area (Å²) in [4.78, 5) is 21.8. The molecule has 0 aliphatic carbocycles. The van der Waals surface area contributed by atoms with Crippen LogP contribution in [0.4, 0.5) is 4.39 Å². The molecule has 0 bridgehead atoms. The van der Waals surface area contributed by atoms with E-state index in [-0.39, 0.29) is 24.2 Å². The highest BCUT2D eigenvalue weighted by Gasteiger charge is 2.19. The minimum Gasteiger partial charge on any atom is -0.395 e. The predicted octanol–water partition coefficient (Wildman–Crippen LogP) is 3.95. The van der Waals surface area contributed by atoms with Crippen molar-refractivity contribution in [3.8, 4) is 22.6 Å². The largest absolute Gasteiger partial charge is 0.395 e. The van der Waals surface area contributed by atoms with Gasteiger partial charge in [-0.25, -0.2) is 19.4 Å². The third kappa shape index (κ3) is 5.18. The summed E-state index contributed by atoms with van der Waals surface area (Å²) in [5.41, 5.74) is 4.58. The average Bonchev–Trinajstić information content (AvgIpc) is 2.77. The van der Waals surface area contributed by atoms with Crippen molar-refractivity contribution in [2.45, 2.75) is 19.9 Å². The summed E-state index contributed by atoms with van der Waals surface area (Å²) in [5, 5.41) is 11.6. The molecule has 1 aromatic heterocycles. The molecule has 2 aromatic carbocycles. The number of aliphatic hydroxyl groups excluding tert-OH is 1. The van der Waals surface area contributed by atoms with Crippen LogP contribution in [0.25, 0.3) is 22.6 Å². The van der Waals surface area contributed by atoms with Crippen LogP contribution < -0.4 is 5.43 Å². The maximum absolute atomic E-state index is 13.7. The summed E-state index contributed by atoms with van der Waals surface area (Å²) in [6.07, 6.45) is 0. The molecule has 1 unspecified atom stereocenters. The molecule has 6 nitrogen and oxygen atoms in total. The maximum Gasteiger partial charge on any atom is 0.284 e. The SMILES string of the molecule is CCN(NC(=O)c1cc(-c2ccc(Cl)cc2)nc(-c2cccc(F)c2)n1)C(C)CO. The highest BCUT2D eigenvalue weighted by atomic mass is 35.5. The van der Waals surface area contributed by atoms with E-state index >= 15 is 0 Å². The van der Waals surface area contributed by atoms with Gasteiger partial charge in [-0.3, -0.25) is 10.2 Å². The summed E-state index contributed by atoms with van der Waals surface area (Å²) >= 11 is 5.98. The van der Waals surface area contributed by atoms with Gasteiger partial charge in [0.1, 0.15) is 11.5 Å². The Morgan fingerprint density at radius 2 is 1.90 bits per heavy atom. The molecule has 0 saturated carbocycles. The van der Waals surface area contributed by atoms with E-state index in [0.29, 0.717) is 22.8 Å². The predicted molar refractivity (Wildman–Crippen MR) is 114 cm³/mol. The summed E-state index contributed by atoms with van der Waals surface area (Å²) in [6, 6.07) is 14.2. The minimum absolute atomic E-state index is 0.109. The van der Waals surface area contributed by atoms with Gasteiger partial charge in [0.25, 0.3) is 5.91 Å². The van der Waals surface area contributed by atoms with Crippen molar-refractivity contribution in [2.24, 2.45) is 0 Å². The normalized spacial score (nSPS) is 12.1. The summed E-state index contributed by atoms with van der Waals surface area (Å²) < 4.78 is 13.7. The van der Waals surface area contributed by atoms with Gasteiger partial charge in [-0.1, -0.05) is 42.8 Å². The number of nitrogens with zero attached hydrogens (tertiary/aromatic N) is 3. The van der Waals surface area contributed by atoms with Gasteiger partial charge in [0.15, 0.2) is 5.82 Å². The fourth-order valence-corrected chi connectivity index (χ4v) is 3.00. The Labute approximate surface area is 179 Å². The zero-order chi connectivity index (χ0) is 21.7. The smallest absolute Gasteiger partial charge is 0.284 e. The molecular formula is C22H22ClFN4O2. The molecule has 0 fully saturated rings. The van der Waals surface area contributed by atoms with E-state index in [1.54, 1.807) is 54.4 Å². The Morgan fingerprint density at radius 1 is 1.17 bits per heavy atom. The van der Waals surface area contributed by atoms with Crippen molar-refractivity contribution >= 4 is 17.5 Å². The van der Waals surface area contributed by atoms with E-state index in [0.717, 1.165) is 5.56 Å². The summed E-state index contributed by atoms with van der Waals surface area (Å²) in [7, 11) is 0. The van der Waals surface area contributed by atoms with Crippen LogP contribution in [0, 0.1) is 5.82 Å². The first-order chi connectivity index (χ1) is 14.4. The van der Waals surface area contributed by atoms with E-state index in [2.05, 4.69) is 15.4 Å². The fraction of sp³-hybridized carbons (Fsp3) is 0.227. The molecular weight excluding hydrogens is 407 g/mol. The number of benzene rings is 2. The number of halogens is 2. The van der Waals surface area contributed by atoms with Gasteiger partial charge in [-0.05, 0) is 37.3 Å². The molecule has 2 N–H and O–H groups in total. The van der Waals surface area contributed by atoms with Crippen LogP contribution in [0.5, 0.6) is 0 Å². The Bertz CT molecular complexity index is 1030. The Hall–Kier alpha value is -2.87. The number of aromatic nitrogens is 2. The van der Waals surface area contributed by atoms with Crippen LogP contribution in [0.3, 0.4) is 0 Å². The van der Waals surface area contributed by atoms with E-state index < -0.39 is 11.7 Å². The number of aliphatic hydroxyl groups is 1. The van der Waals surface area contributed by atoms with Crippen molar-refractivity contribution in [2.75, 3.05) is 13.2 Å². The van der Waals surface area contributed by atoms with Crippen LogP contribution in [0.1, 0.15) is 24.3 Å². The van der Waals surface area contributed by atoms with Crippen molar-refractivity contribution in [3.63, 3.8) is 0 Å². The first kappa shape index (κ1) is 21.8. The zero-order valence-electron chi connectivity index (χ0n) is 16.6. The Balaban J connectivity index is 2.05. The molecule has 0 spiro atoms. The number of hydrogen-bond donors (Lipinski definition) is 2. The Kier molecular flexibility index (Phi) is 7.10. The van der Waals surface area contributed by atoms with Crippen LogP contribution >= 0.6 is 11.6 Å². The molecule has 1 atom stereocenters. The number of hydrogen-bond acceptors (Lipinski definition) is 5. The molecule has 8 heteroatoms. The van der Waals surface area contributed by atoms with Gasteiger partial charge in [0, 0.05) is 28.7 Å². The second-order valence-corrected chi connectivity index (χ2v) is 7.17. The minimum atomic E-state index is -0.451. The number of likely N-dealkylation sites (N-methyl/N-ethyl adjacent to an activating group) is 1. The number of rotatable bonds is 7. The third-order valence-corrected chi connectivity index (χ3v) is 4.82. The fourth-order valence-electron chi connectivity index (χ4n) is 2.88. The number of nitrogens with one attached hydrogen (secondary N) is 1. The zero-order valence-corrected chi connectivity index (χ0v) is 17.4. The summed E-state index contributed by atoms with van der Waals surface area (Å²) in [6.45, 7) is 4.05. The molecule has 30 heavy (non-hydrogen) atoms. The highest BCUT2D eigenvalue weighted by molar-refractivity contribution is 6.30. The van der Waals surface area contributed by atoms with Crippen molar-refractivity contribution in [1.82, 2.24) is 20.4 Å². The van der Waals surface area contributed by atoms with Gasteiger partial charge >= 0.3 is 0 Å². The highest BCUT2D eigenvalue weighted by Crippen LogP contribution is 2.24. The molecule has 156 valence electrons. The quantitative estimate of drug-likeness (QED) is 0.557. The topological polar surface area (TPSA) is 78.4 Å². The molecule has 0 saturated heterocycles. The standard InChI is InChI=1S/C22H22ClFN4O2/c1-3-28(14(2)13-29)27-22(30)20-12-19(15-7-9-17(23)10-8-15)25-21(26-20)16-5-4-6-18(24)11-16/h4-12,14,29H,3,13H2,1-2H3,(H,27,30). The van der Waals surface area contributed by atoms with E-state index in [9.17, 15) is 14.3 Å². The second kappa shape index (κ2) is 9.75. The molecule has 1 amide bonds. The third-order valence-electron chi connectivity index (χ3n) is 4.56. The lowest BCUT2D eigenvalue weighted by Gasteiger charge is -2.26. The van der Waals surface area contributed by atoms with Gasteiger partial charge < -0.3 is 5.11 Å². The number of carbonyl (C=O) groups excluding carboxylic acids is 1. The first-order valence-corrected chi connectivity index (χ1v) is 9.88. The van der Waals surface area contributed by atoms with Crippen LogP contribution in [-0.2, 0) is 0 Å². The molecule has 3 rings (SSSR count). The lowest BCUT2D eigenvalue weighted by atomic mass is 10.1. The van der Waals surface area contributed by atoms with Gasteiger partial charge in [-0.15, -0.1) is 0 Å².